The van der Waals surface area contributed by atoms with Crippen LogP contribution in [-0.2, 0) is 10.3 Å². The molecule has 0 N–H and O–H groups in total. The Bertz CT molecular complexity index is 1260. The first-order valence-electron chi connectivity index (χ1n) is 10.2. The molecule has 0 radical (unpaired) electrons. The van der Waals surface area contributed by atoms with Gasteiger partial charge in [0.1, 0.15) is 5.60 Å². The van der Waals surface area contributed by atoms with Gasteiger partial charge in [0.15, 0.2) is 6.23 Å². The lowest BCUT2D eigenvalue weighted by molar-refractivity contribution is -0.0539. The van der Waals surface area contributed by atoms with E-state index in [0.717, 1.165) is 32.4 Å². The van der Waals surface area contributed by atoms with E-state index >= 15 is 0 Å². The fourth-order valence-corrected chi connectivity index (χ4v) is 5.19. The van der Waals surface area contributed by atoms with Crippen LogP contribution >= 0.6 is 15.9 Å². The van der Waals surface area contributed by atoms with Crippen LogP contribution in [0.25, 0.3) is 0 Å². The molecule has 1 amide bonds. The van der Waals surface area contributed by atoms with E-state index in [1.54, 1.807) is 4.90 Å². The third-order valence-corrected chi connectivity index (χ3v) is 6.65. The minimum atomic E-state index is -0.838. The predicted octanol–water partition coefficient (Wildman–Crippen LogP) is 6.43. The van der Waals surface area contributed by atoms with E-state index in [1.165, 1.54) is 0 Å². The van der Waals surface area contributed by atoms with Crippen LogP contribution in [0.5, 0.6) is 0 Å². The standard InChI is InChI=1S/C27H18BrNO2/c28-20-15-16-21-22(17-20)25(30)29-24-14-8-7-13-23(24)27(31-26(21)29,18-9-3-1-4-10-18)19-11-5-2-6-12-19/h1-17,26H. The SMILES string of the molecule is O=C1c2cc(Br)ccc2C2OC(c3ccccc3)(c3ccccc3)c3ccccc3N12. The van der Waals surface area contributed by atoms with E-state index in [4.69, 9.17) is 4.74 Å². The van der Waals surface area contributed by atoms with E-state index < -0.39 is 11.8 Å². The van der Waals surface area contributed by atoms with Gasteiger partial charge in [-0.2, -0.15) is 0 Å². The number of carbonyl (C=O) groups excluding carboxylic acids is 1. The normalized spacial score (nSPS) is 18.3. The maximum absolute atomic E-state index is 13.5. The Morgan fingerprint density at radius 2 is 1.39 bits per heavy atom. The predicted molar refractivity (Wildman–Crippen MR) is 124 cm³/mol. The molecule has 31 heavy (non-hydrogen) atoms. The molecule has 1 unspecified atom stereocenters. The van der Waals surface area contributed by atoms with Crippen LogP contribution < -0.4 is 4.90 Å². The van der Waals surface area contributed by atoms with E-state index in [2.05, 4.69) is 46.3 Å². The molecule has 3 nitrogen and oxygen atoms in total. The van der Waals surface area contributed by atoms with Crippen LogP contribution in [-0.4, -0.2) is 5.91 Å². The maximum atomic E-state index is 13.5. The highest BCUT2D eigenvalue weighted by molar-refractivity contribution is 9.10. The Kier molecular flexibility index (Phi) is 4.13. The Balaban J connectivity index is 1.69. The number of benzene rings is 4. The maximum Gasteiger partial charge on any atom is 0.261 e. The molecule has 4 heteroatoms. The summed E-state index contributed by atoms with van der Waals surface area (Å²) in [5.74, 6) is -0.0385. The second-order valence-electron chi connectivity index (χ2n) is 7.81. The molecule has 1 atom stereocenters. The zero-order chi connectivity index (χ0) is 21.0. The van der Waals surface area contributed by atoms with E-state index in [0.29, 0.717) is 5.56 Å². The Labute approximate surface area is 189 Å². The largest absolute Gasteiger partial charge is 0.333 e. The molecule has 2 aliphatic rings. The summed E-state index contributed by atoms with van der Waals surface area (Å²) in [5.41, 5.74) is 4.63. The number of ether oxygens (including phenoxy) is 1. The number of rotatable bonds is 2. The molecular formula is C27H18BrNO2. The molecule has 0 saturated heterocycles. The first kappa shape index (κ1) is 18.6. The molecule has 6 rings (SSSR count). The molecule has 2 aliphatic heterocycles. The number of halogens is 1. The van der Waals surface area contributed by atoms with Gasteiger partial charge in [-0.1, -0.05) is 101 Å². The number of nitrogens with zero attached hydrogens (tertiary/aromatic N) is 1. The highest BCUT2D eigenvalue weighted by Gasteiger charge is 2.52. The number of amides is 1. The number of carbonyl (C=O) groups is 1. The molecule has 150 valence electrons. The van der Waals surface area contributed by atoms with Crippen LogP contribution in [0.4, 0.5) is 5.69 Å². The quantitative estimate of drug-likeness (QED) is 0.339. The molecule has 4 aromatic carbocycles. The average molecular weight is 468 g/mol. The summed E-state index contributed by atoms with van der Waals surface area (Å²) in [6.45, 7) is 0. The van der Waals surface area contributed by atoms with Crippen molar-refractivity contribution in [1.82, 2.24) is 0 Å². The van der Waals surface area contributed by atoms with Gasteiger partial charge in [0, 0.05) is 21.2 Å². The van der Waals surface area contributed by atoms with E-state index in [-0.39, 0.29) is 5.91 Å². The molecule has 4 aromatic rings. The minimum Gasteiger partial charge on any atom is -0.333 e. The Morgan fingerprint density at radius 1 is 0.774 bits per heavy atom. The van der Waals surface area contributed by atoms with Gasteiger partial charge in [0.05, 0.1) is 5.69 Å². The van der Waals surface area contributed by atoms with Gasteiger partial charge >= 0.3 is 0 Å². The highest BCUT2D eigenvalue weighted by atomic mass is 79.9. The second-order valence-corrected chi connectivity index (χ2v) is 8.72. The molecule has 0 fully saturated rings. The van der Waals surface area contributed by atoms with Crippen molar-refractivity contribution in [3.8, 4) is 0 Å². The topological polar surface area (TPSA) is 29.5 Å². The lowest BCUT2D eigenvalue weighted by atomic mass is 9.78. The average Bonchev–Trinajstić information content (AvgIpc) is 3.10. The van der Waals surface area contributed by atoms with E-state index in [1.807, 2.05) is 72.8 Å². The van der Waals surface area contributed by atoms with Crippen LogP contribution in [0, 0.1) is 0 Å². The smallest absolute Gasteiger partial charge is 0.261 e. The molecule has 0 bridgehead atoms. The summed E-state index contributed by atoms with van der Waals surface area (Å²) >= 11 is 3.51. The van der Waals surface area contributed by atoms with E-state index in [9.17, 15) is 4.79 Å². The summed E-state index contributed by atoms with van der Waals surface area (Å²) in [6.07, 6.45) is -0.508. The van der Waals surface area contributed by atoms with Crippen molar-refractivity contribution >= 4 is 27.5 Å². The summed E-state index contributed by atoms with van der Waals surface area (Å²) in [4.78, 5) is 15.2. The van der Waals surface area contributed by atoms with Crippen molar-refractivity contribution in [2.24, 2.45) is 0 Å². The molecule has 0 saturated carbocycles. The van der Waals surface area contributed by atoms with Gasteiger partial charge in [-0.25, -0.2) is 0 Å². The van der Waals surface area contributed by atoms with Crippen LogP contribution in [0.2, 0.25) is 0 Å². The van der Waals surface area contributed by atoms with Gasteiger partial charge in [0.25, 0.3) is 5.91 Å². The summed E-state index contributed by atoms with van der Waals surface area (Å²) in [7, 11) is 0. The number of fused-ring (bicyclic) bond motifs is 5. The number of para-hydroxylation sites is 1. The van der Waals surface area contributed by atoms with Crippen molar-refractivity contribution in [2.75, 3.05) is 4.90 Å². The van der Waals surface area contributed by atoms with Gasteiger partial charge in [-0.05, 0) is 29.3 Å². The van der Waals surface area contributed by atoms with Crippen molar-refractivity contribution < 1.29 is 9.53 Å². The number of anilines is 1. The van der Waals surface area contributed by atoms with Crippen molar-refractivity contribution in [3.05, 3.63) is 135 Å². The molecule has 0 aliphatic carbocycles. The van der Waals surface area contributed by atoms with Crippen LogP contribution in [0.15, 0.2) is 108 Å². The van der Waals surface area contributed by atoms with Crippen LogP contribution in [0.1, 0.15) is 38.8 Å². The summed E-state index contributed by atoms with van der Waals surface area (Å²) in [5, 5.41) is 0. The van der Waals surface area contributed by atoms with Gasteiger partial charge < -0.3 is 4.74 Å². The monoisotopic (exact) mass is 467 g/mol. The van der Waals surface area contributed by atoms with Gasteiger partial charge in [-0.3, -0.25) is 9.69 Å². The number of hydrogen-bond donors (Lipinski definition) is 0. The third-order valence-electron chi connectivity index (χ3n) is 6.16. The zero-order valence-corrected chi connectivity index (χ0v) is 18.1. The first-order chi connectivity index (χ1) is 15.2. The summed E-state index contributed by atoms with van der Waals surface area (Å²) in [6, 6.07) is 34.4. The molecule has 2 heterocycles. The molecule has 0 spiro atoms. The Hall–Kier alpha value is -3.21. The Morgan fingerprint density at radius 3 is 2.06 bits per heavy atom. The minimum absolute atomic E-state index is 0.0385. The van der Waals surface area contributed by atoms with Crippen molar-refractivity contribution in [1.29, 1.82) is 0 Å². The second kappa shape index (κ2) is 6.91. The highest BCUT2D eigenvalue weighted by Crippen LogP contribution is 2.55. The zero-order valence-electron chi connectivity index (χ0n) is 16.5. The lowest BCUT2D eigenvalue weighted by Gasteiger charge is -2.46. The fraction of sp³-hybridized carbons (Fsp3) is 0.0741. The van der Waals surface area contributed by atoms with Gasteiger partial charge in [-0.15, -0.1) is 0 Å². The first-order valence-corrected chi connectivity index (χ1v) is 11.0. The lowest BCUT2D eigenvalue weighted by Crippen LogP contribution is -2.45. The van der Waals surface area contributed by atoms with Gasteiger partial charge in [0.2, 0.25) is 0 Å². The fourth-order valence-electron chi connectivity index (χ4n) is 4.83. The molecule has 0 aromatic heterocycles. The van der Waals surface area contributed by atoms with Crippen molar-refractivity contribution in [2.45, 2.75) is 11.8 Å². The summed E-state index contributed by atoms with van der Waals surface area (Å²) < 4.78 is 7.90. The molecular weight excluding hydrogens is 450 g/mol. The van der Waals surface area contributed by atoms with Crippen LogP contribution in [0.3, 0.4) is 0 Å². The number of hydrogen-bond acceptors (Lipinski definition) is 2. The third kappa shape index (κ3) is 2.59. The van der Waals surface area contributed by atoms with Crippen molar-refractivity contribution in [3.63, 3.8) is 0 Å².